The summed E-state index contributed by atoms with van der Waals surface area (Å²) >= 11 is 0. The second-order valence-corrected chi connectivity index (χ2v) is 1.92. The molecule has 1 aromatic heterocycles. The Labute approximate surface area is 70.9 Å². The van der Waals surface area contributed by atoms with E-state index < -0.39 is 11.5 Å². The minimum absolute atomic E-state index is 0.195. The van der Waals surface area contributed by atoms with E-state index >= 15 is 0 Å². The van der Waals surface area contributed by atoms with E-state index in [0.717, 1.165) is 0 Å². The number of anilines is 1. The number of nitrogens with zero attached hydrogens (tertiary/aromatic N) is 3. The van der Waals surface area contributed by atoms with E-state index in [2.05, 4.69) is 20.1 Å². The lowest BCUT2D eigenvalue weighted by molar-refractivity contribution is 0.318. The molecule has 0 saturated carbocycles. The summed E-state index contributed by atoms with van der Waals surface area (Å²) in [5.74, 6) is -0.930. The fourth-order valence-electron chi connectivity index (χ4n) is 0.603. The highest BCUT2D eigenvalue weighted by Crippen LogP contribution is 1.91. The first kappa shape index (κ1) is 8.93. The lowest BCUT2D eigenvalue weighted by Crippen LogP contribution is -2.25. The van der Waals surface area contributed by atoms with Gasteiger partial charge in [0.25, 0.3) is 5.95 Å². The first-order valence-electron chi connectivity index (χ1n) is 3.03. The normalized spacial score (nSPS) is 11.3. The number of rotatable bonds is 2. The van der Waals surface area contributed by atoms with Crippen molar-refractivity contribution in [1.82, 2.24) is 15.0 Å². The van der Waals surface area contributed by atoms with E-state index in [0.29, 0.717) is 0 Å². The monoisotopic (exact) mass is 186 g/mol. The zero-order chi connectivity index (χ0) is 9.84. The van der Waals surface area contributed by atoms with Crippen LogP contribution in [0.1, 0.15) is 5.82 Å². The molecule has 0 spiro atoms. The van der Waals surface area contributed by atoms with Crippen LogP contribution >= 0.6 is 0 Å². The SMILES string of the molecule is N/C(=N\O)c1nc(NO)nc(=O)[nH]1. The van der Waals surface area contributed by atoms with Crippen molar-refractivity contribution in [2.45, 2.75) is 0 Å². The van der Waals surface area contributed by atoms with Crippen LogP contribution in [0.25, 0.3) is 0 Å². The van der Waals surface area contributed by atoms with Crippen LogP contribution in [0.3, 0.4) is 0 Å². The number of aromatic amines is 1. The summed E-state index contributed by atoms with van der Waals surface area (Å²) in [6.45, 7) is 0. The van der Waals surface area contributed by atoms with E-state index in [1.165, 1.54) is 0 Å². The van der Waals surface area contributed by atoms with Crippen LogP contribution in [0, 0.1) is 0 Å². The summed E-state index contributed by atoms with van der Waals surface area (Å²) in [4.78, 5) is 19.5. The van der Waals surface area contributed by atoms with Gasteiger partial charge < -0.3 is 10.9 Å². The summed E-state index contributed by atoms with van der Waals surface area (Å²) in [5.41, 5.74) is 5.89. The van der Waals surface area contributed by atoms with Crippen molar-refractivity contribution in [2.75, 3.05) is 5.48 Å². The molecule has 0 aliphatic heterocycles. The number of oxime groups is 1. The van der Waals surface area contributed by atoms with Gasteiger partial charge in [0.05, 0.1) is 0 Å². The predicted octanol–water partition coefficient (Wildman–Crippen LogP) is -1.94. The van der Waals surface area contributed by atoms with Gasteiger partial charge in [-0.2, -0.15) is 9.97 Å². The maximum absolute atomic E-state index is 10.7. The molecule has 0 aliphatic rings. The van der Waals surface area contributed by atoms with Crippen molar-refractivity contribution >= 4 is 11.8 Å². The number of amidine groups is 1. The summed E-state index contributed by atoms with van der Waals surface area (Å²) < 4.78 is 0. The largest absolute Gasteiger partial charge is 0.409 e. The van der Waals surface area contributed by atoms with E-state index in [1.807, 2.05) is 0 Å². The van der Waals surface area contributed by atoms with Crippen LogP contribution in [0.2, 0.25) is 0 Å². The molecule has 0 atom stereocenters. The highest BCUT2D eigenvalue weighted by Gasteiger charge is 2.05. The van der Waals surface area contributed by atoms with Crippen LogP contribution in [0.4, 0.5) is 5.95 Å². The smallest absolute Gasteiger partial charge is 0.350 e. The molecule has 1 heterocycles. The molecular formula is C4H6N6O3. The molecule has 1 aromatic rings. The maximum Gasteiger partial charge on any atom is 0.350 e. The summed E-state index contributed by atoms with van der Waals surface area (Å²) in [5, 5.41) is 19.2. The van der Waals surface area contributed by atoms with Crippen LogP contribution in [0.15, 0.2) is 9.95 Å². The van der Waals surface area contributed by atoms with Gasteiger partial charge in [0.15, 0.2) is 5.82 Å². The van der Waals surface area contributed by atoms with Crippen molar-refractivity contribution < 1.29 is 10.4 Å². The molecule has 0 radical (unpaired) electrons. The minimum Gasteiger partial charge on any atom is -0.409 e. The van der Waals surface area contributed by atoms with E-state index in [-0.39, 0.29) is 11.8 Å². The zero-order valence-electron chi connectivity index (χ0n) is 6.22. The first-order valence-corrected chi connectivity index (χ1v) is 3.03. The zero-order valence-corrected chi connectivity index (χ0v) is 6.22. The molecule has 1 rings (SSSR count). The Balaban J connectivity index is 3.24. The fourth-order valence-corrected chi connectivity index (χ4v) is 0.603. The fraction of sp³-hybridized carbons (Fsp3) is 0. The molecule has 0 saturated heterocycles. The molecule has 13 heavy (non-hydrogen) atoms. The third-order valence-corrected chi connectivity index (χ3v) is 1.10. The van der Waals surface area contributed by atoms with Gasteiger partial charge in [0.2, 0.25) is 5.84 Å². The molecule has 70 valence electrons. The molecule has 0 aliphatic carbocycles. The topological polar surface area (TPSA) is 150 Å². The number of nitrogens with two attached hydrogens (primary N) is 1. The third-order valence-electron chi connectivity index (χ3n) is 1.10. The van der Waals surface area contributed by atoms with Gasteiger partial charge in [-0.1, -0.05) is 5.16 Å². The van der Waals surface area contributed by atoms with Crippen LogP contribution in [0.5, 0.6) is 0 Å². The van der Waals surface area contributed by atoms with E-state index in [4.69, 9.17) is 16.1 Å². The maximum atomic E-state index is 10.7. The predicted molar refractivity (Wildman–Crippen MR) is 40.6 cm³/mol. The van der Waals surface area contributed by atoms with Crippen LogP contribution in [-0.2, 0) is 0 Å². The minimum atomic E-state index is -0.784. The number of nitrogens with one attached hydrogen (secondary N) is 2. The Morgan fingerprint density at radius 1 is 1.62 bits per heavy atom. The molecule has 0 fully saturated rings. The Morgan fingerprint density at radius 3 is 2.85 bits per heavy atom. The van der Waals surface area contributed by atoms with Gasteiger partial charge in [-0.15, -0.1) is 0 Å². The Morgan fingerprint density at radius 2 is 2.31 bits per heavy atom. The van der Waals surface area contributed by atoms with Gasteiger partial charge in [0.1, 0.15) is 0 Å². The molecule has 9 heteroatoms. The number of hydrogen-bond acceptors (Lipinski definition) is 7. The highest BCUT2D eigenvalue weighted by molar-refractivity contribution is 5.93. The van der Waals surface area contributed by atoms with Crippen molar-refractivity contribution in [3.63, 3.8) is 0 Å². The Bertz CT molecular complexity index is 384. The number of H-pyrrole nitrogens is 1. The molecule has 0 unspecified atom stereocenters. The van der Waals surface area contributed by atoms with Gasteiger partial charge in [-0.05, 0) is 0 Å². The lowest BCUT2D eigenvalue weighted by Gasteiger charge is -1.98. The summed E-state index contributed by atoms with van der Waals surface area (Å²) in [7, 11) is 0. The van der Waals surface area contributed by atoms with Gasteiger partial charge in [-0.3, -0.25) is 10.2 Å². The second kappa shape index (κ2) is 3.49. The Hall–Kier alpha value is -2.16. The number of hydrogen-bond donors (Lipinski definition) is 5. The molecule has 0 amide bonds. The van der Waals surface area contributed by atoms with Crippen molar-refractivity contribution in [2.24, 2.45) is 10.9 Å². The third kappa shape index (κ3) is 1.90. The Kier molecular flexibility index (Phi) is 2.40. The average molecular weight is 186 g/mol. The summed E-state index contributed by atoms with van der Waals surface area (Å²) in [6.07, 6.45) is 0. The van der Waals surface area contributed by atoms with Crippen molar-refractivity contribution in [1.29, 1.82) is 0 Å². The molecule has 0 bridgehead atoms. The average Bonchev–Trinajstić information content (AvgIpc) is 2.15. The second-order valence-electron chi connectivity index (χ2n) is 1.92. The molecule has 6 N–H and O–H groups in total. The highest BCUT2D eigenvalue weighted by atomic mass is 16.5. The molecular weight excluding hydrogens is 180 g/mol. The molecule has 0 aromatic carbocycles. The van der Waals surface area contributed by atoms with Crippen LogP contribution < -0.4 is 16.9 Å². The standard InChI is InChI=1S/C4H6N6O3/c5-1(9-12)2-6-3(10-13)8-4(11)7-2/h12-13H,(H2,5,9)(H2,6,7,8,10,11). The first-order chi connectivity index (χ1) is 6.17. The van der Waals surface area contributed by atoms with Crippen molar-refractivity contribution in [3.8, 4) is 0 Å². The van der Waals surface area contributed by atoms with Gasteiger partial charge in [-0.25, -0.2) is 10.3 Å². The summed E-state index contributed by atoms with van der Waals surface area (Å²) in [6, 6.07) is 0. The lowest BCUT2D eigenvalue weighted by atomic mass is 10.5. The molecule has 9 nitrogen and oxygen atoms in total. The van der Waals surface area contributed by atoms with Gasteiger partial charge >= 0.3 is 5.69 Å². The van der Waals surface area contributed by atoms with Crippen molar-refractivity contribution in [3.05, 3.63) is 16.3 Å². The number of aromatic nitrogens is 3. The van der Waals surface area contributed by atoms with Gasteiger partial charge in [0, 0.05) is 0 Å². The van der Waals surface area contributed by atoms with E-state index in [1.54, 1.807) is 5.48 Å². The quantitative estimate of drug-likeness (QED) is 0.156. The van der Waals surface area contributed by atoms with Crippen LogP contribution in [-0.4, -0.2) is 31.2 Å². The van der Waals surface area contributed by atoms with E-state index in [9.17, 15) is 4.79 Å².